The van der Waals surface area contributed by atoms with Gasteiger partial charge in [0.25, 0.3) is 5.91 Å². The van der Waals surface area contributed by atoms with Gasteiger partial charge in [0, 0.05) is 23.6 Å². The molecule has 11 heteroatoms. The summed E-state index contributed by atoms with van der Waals surface area (Å²) in [6.45, 7) is 4.45. The first-order valence-electron chi connectivity index (χ1n) is 10.8. The Morgan fingerprint density at radius 3 is 2.41 bits per heavy atom. The van der Waals surface area contributed by atoms with Crippen molar-refractivity contribution in [3.8, 4) is 23.1 Å². The van der Waals surface area contributed by atoms with Gasteiger partial charge in [-0.3, -0.25) is 4.79 Å². The number of methoxy groups -OCH3 is 1. The molecule has 1 saturated carbocycles. The molecule has 4 rings (SSSR count). The Hall–Kier alpha value is -3.63. The molecule has 2 heterocycles. The number of nitrogens with zero attached hydrogens (tertiary/aromatic N) is 4. The standard InChI is InChI=1S/C23H25F2N5O4/c1-22(12-26-20(32)13-10-14(24)18(31)15(25)11-13)6-8-23(2,9-7-22)21-27-19(30-34-21)16-4-5-17(33-3)29-28-16/h4-5,10-11,31H,6-9,12H2,1-3H3,(H,26,32)/t22-,23+. The highest BCUT2D eigenvalue weighted by Gasteiger charge is 2.42. The number of aromatic hydroxyl groups is 1. The van der Waals surface area contributed by atoms with Crippen LogP contribution in [-0.2, 0) is 5.41 Å². The number of aromatic nitrogens is 4. The van der Waals surface area contributed by atoms with Gasteiger partial charge >= 0.3 is 0 Å². The van der Waals surface area contributed by atoms with E-state index in [-0.39, 0.29) is 16.4 Å². The maximum absolute atomic E-state index is 13.6. The Bertz CT molecular complexity index is 1170. The third-order valence-electron chi connectivity index (χ3n) is 6.54. The number of hydrogen-bond donors (Lipinski definition) is 2. The molecule has 3 aromatic rings. The van der Waals surface area contributed by atoms with Crippen LogP contribution in [0.15, 0.2) is 28.8 Å². The summed E-state index contributed by atoms with van der Waals surface area (Å²) in [4.78, 5) is 16.9. The quantitative estimate of drug-likeness (QED) is 0.554. The number of halogens is 2. The van der Waals surface area contributed by atoms with Crippen LogP contribution in [0.4, 0.5) is 8.78 Å². The van der Waals surface area contributed by atoms with E-state index in [1.807, 2.05) is 0 Å². The van der Waals surface area contributed by atoms with Gasteiger partial charge in [-0.05, 0) is 49.3 Å². The van der Waals surface area contributed by atoms with Gasteiger partial charge in [-0.1, -0.05) is 19.0 Å². The molecule has 0 bridgehead atoms. The molecule has 2 aromatic heterocycles. The molecule has 1 aliphatic carbocycles. The maximum atomic E-state index is 13.6. The van der Waals surface area contributed by atoms with Crippen molar-refractivity contribution < 1.29 is 27.9 Å². The zero-order chi connectivity index (χ0) is 24.5. The highest BCUT2D eigenvalue weighted by molar-refractivity contribution is 5.94. The molecule has 1 aliphatic rings. The van der Waals surface area contributed by atoms with Crippen LogP contribution in [0.5, 0.6) is 11.6 Å². The largest absolute Gasteiger partial charge is 0.503 e. The lowest BCUT2D eigenvalue weighted by atomic mass is 9.65. The molecule has 180 valence electrons. The summed E-state index contributed by atoms with van der Waals surface area (Å²) >= 11 is 0. The van der Waals surface area contributed by atoms with Crippen molar-refractivity contribution in [2.24, 2.45) is 5.41 Å². The molecule has 0 atom stereocenters. The summed E-state index contributed by atoms with van der Waals surface area (Å²) in [5.74, 6) is -2.80. The number of rotatable bonds is 6. The van der Waals surface area contributed by atoms with E-state index in [1.165, 1.54) is 7.11 Å². The number of phenols is 1. The van der Waals surface area contributed by atoms with E-state index in [1.54, 1.807) is 12.1 Å². The van der Waals surface area contributed by atoms with Crippen molar-refractivity contribution in [2.75, 3.05) is 13.7 Å². The smallest absolute Gasteiger partial charge is 0.251 e. The summed E-state index contributed by atoms with van der Waals surface area (Å²) in [5, 5.41) is 24.0. The molecule has 2 N–H and O–H groups in total. The molecule has 1 amide bonds. The predicted octanol–water partition coefficient (Wildman–Crippen LogP) is 3.79. The Labute approximate surface area is 194 Å². The van der Waals surface area contributed by atoms with Gasteiger partial charge < -0.3 is 19.7 Å². The molecule has 1 fully saturated rings. The minimum absolute atomic E-state index is 0.183. The molecule has 0 spiro atoms. The zero-order valence-corrected chi connectivity index (χ0v) is 19.1. The Balaban J connectivity index is 1.38. The number of carbonyl (C=O) groups is 1. The maximum Gasteiger partial charge on any atom is 0.251 e. The fourth-order valence-corrected chi connectivity index (χ4v) is 4.01. The number of carbonyl (C=O) groups excluding carboxylic acids is 1. The molecule has 0 aliphatic heterocycles. The van der Waals surface area contributed by atoms with E-state index in [0.717, 1.165) is 37.8 Å². The van der Waals surface area contributed by atoms with E-state index in [4.69, 9.17) is 9.26 Å². The second kappa shape index (κ2) is 8.96. The average Bonchev–Trinajstić information content (AvgIpc) is 3.34. The van der Waals surface area contributed by atoms with Crippen LogP contribution < -0.4 is 10.1 Å². The zero-order valence-electron chi connectivity index (χ0n) is 19.1. The fraction of sp³-hybridized carbons (Fsp3) is 0.435. The number of benzene rings is 1. The van der Waals surface area contributed by atoms with Gasteiger partial charge in [0.15, 0.2) is 17.4 Å². The summed E-state index contributed by atoms with van der Waals surface area (Å²) in [6, 6.07) is 5.00. The topological polar surface area (TPSA) is 123 Å². The molecule has 9 nitrogen and oxygen atoms in total. The van der Waals surface area contributed by atoms with Crippen LogP contribution in [0, 0.1) is 17.0 Å². The van der Waals surface area contributed by atoms with Crippen molar-refractivity contribution in [1.29, 1.82) is 0 Å². The molecule has 0 radical (unpaired) electrons. The molecule has 0 unspecified atom stereocenters. The minimum atomic E-state index is -1.18. The third kappa shape index (κ3) is 4.68. The van der Waals surface area contributed by atoms with Gasteiger partial charge in [-0.25, -0.2) is 8.78 Å². The van der Waals surface area contributed by atoms with Gasteiger partial charge in [0.2, 0.25) is 17.6 Å². The second-order valence-electron chi connectivity index (χ2n) is 9.23. The summed E-state index contributed by atoms with van der Waals surface area (Å²) in [6.07, 6.45) is 3.03. The number of nitrogens with one attached hydrogen (secondary N) is 1. The fourth-order valence-electron chi connectivity index (χ4n) is 4.01. The molecular formula is C23H25F2N5O4. The lowest BCUT2D eigenvalue weighted by Crippen LogP contribution is -2.41. The van der Waals surface area contributed by atoms with Crippen LogP contribution >= 0.6 is 0 Å². The van der Waals surface area contributed by atoms with Gasteiger partial charge in [0.1, 0.15) is 5.69 Å². The van der Waals surface area contributed by atoms with Crippen LogP contribution in [0.1, 0.15) is 55.8 Å². The summed E-state index contributed by atoms with van der Waals surface area (Å²) < 4.78 is 37.7. The molecule has 0 saturated heterocycles. The Morgan fingerprint density at radius 1 is 1.15 bits per heavy atom. The monoisotopic (exact) mass is 473 g/mol. The highest BCUT2D eigenvalue weighted by Crippen LogP contribution is 2.46. The van der Waals surface area contributed by atoms with Gasteiger partial charge in [0.05, 0.1) is 7.11 Å². The van der Waals surface area contributed by atoms with Crippen LogP contribution in [0.25, 0.3) is 11.5 Å². The molecule has 34 heavy (non-hydrogen) atoms. The Kier molecular flexibility index (Phi) is 6.20. The van der Waals surface area contributed by atoms with Gasteiger partial charge in [-0.2, -0.15) is 4.98 Å². The first-order valence-corrected chi connectivity index (χ1v) is 10.8. The second-order valence-corrected chi connectivity index (χ2v) is 9.23. The summed E-state index contributed by atoms with van der Waals surface area (Å²) in [7, 11) is 1.51. The van der Waals surface area contributed by atoms with Crippen LogP contribution in [-0.4, -0.2) is 45.0 Å². The van der Waals surface area contributed by atoms with Gasteiger partial charge in [-0.15, -0.1) is 10.2 Å². The van der Waals surface area contributed by atoms with Crippen molar-refractivity contribution in [3.05, 3.63) is 47.4 Å². The first kappa shape index (κ1) is 23.5. The molecule has 1 aromatic carbocycles. The lowest BCUT2D eigenvalue weighted by molar-refractivity contribution is 0.0882. The highest BCUT2D eigenvalue weighted by atomic mass is 19.1. The normalized spacial score (nSPS) is 22.4. The lowest BCUT2D eigenvalue weighted by Gasteiger charge is -2.41. The Morgan fingerprint density at radius 2 is 1.82 bits per heavy atom. The van der Waals surface area contributed by atoms with Crippen LogP contribution in [0.2, 0.25) is 0 Å². The van der Waals surface area contributed by atoms with Crippen molar-refractivity contribution >= 4 is 5.91 Å². The van der Waals surface area contributed by atoms with Crippen molar-refractivity contribution in [3.63, 3.8) is 0 Å². The molecular weight excluding hydrogens is 448 g/mol. The van der Waals surface area contributed by atoms with E-state index >= 15 is 0 Å². The van der Waals surface area contributed by atoms with E-state index in [9.17, 15) is 18.7 Å². The summed E-state index contributed by atoms with van der Waals surface area (Å²) in [5.41, 5.74) is -0.257. The number of ether oxygens (including phenoxy) is 1. The SMILES string of the molecule is COc1ccc(-c2noc([C@]3(C)CC[C@](C)(CNC(=O)c4cc(F)c(O)c(F)c4)CC3)n2)nn1. The van der Waals surface area contributed by atoms with Crippen molar-refractivity contribution in [1.82, 2.24) is 25.7 Å². The van der Waals surface area contributed by atoms with E-state index in [0.29, 0.717) is 29.8 Å². The average molecular weight is 473 g/mol. The third-order valence-corrected chi connectivity index (χ3v) is 6.54. The van der Waals surface area contributed by atoms with E-state index < -0.39 is 23.3 Å². The van der Waals surface area contributed by atoms with Crippen molar-refractivity contribution in [2.45, 2.75) is 44.9 Å². The minimum Gasteiger partial charge on any atom is -0.503 e. The number of amides is 1. The van der Waals surface area contributed by atoms with Crippen LogP contribution in [0.3, 0.4) is 0 Å². The number of phenolic OH excluding ortho intramolecular Hbond substituents is 1. The number of hydrogen-bond acceptors (Lipinski definition) is 8. The first-order chi connectivity index (χ1) is 16.1. The van der Waals surface area contributed by atoms with E-state index in [2.05, 4.69) is 39.5 Å². The predicted molar refractivity (Wildman–Crippen MR) is 116 cm³/mol.